The SMILES string of the molecule is Cc1ccnc2c(F)cc(-c3nc4c(=O)cc[nH]c4nc3-c3ccncc3)cc12. The van der Waals surface area contributed by atoms with E-state index in [1.54, 1.807) is 30.7 Å². The second kappa shape index (κ2) is 6.56. The molecule has 29 heavy (non-hydrogen) atoms. The third-order valence-electron chi connectivity index (χ3n) is 4.83. The molecular formula is C22H14FN5O. The van der Waals surface area contributed by atoms with Gasteiger partial charge in [-0.1, -0.05) is 0 Å². The van der Waals surface area contributed by atoms with Gasteiger partial charge in [-0.3, -0.25) is 14.8 Å². The number of fused-ring (bicyclic) bond motifs is 2. The highest BCUT2D eigenvalue weighted by atomic mass is 19.1. The van der Waals surface area contributed by atoms with Gasteiger partial charge in [-0.05, 0) is 42.8 Å². The average molecular weight is 383 g/mol. The van der Waals surface area contributed by atoms with E-state index < -0.39 is 5.82 Å². The molecule has 0 aliphatic carbocycles. The number of aromatic amines is 1. The van der Waals surface area contributed by atoms with Gasteiger partial charge in [-0.25, -0.2) is 14.4 Å². The van der Waals surface area contributed by atoms with Crippen molar-refractivity contribution < 1.29 is 4.39 Å². The summed E-state index contributed by atoms with van der Waals surface area (Å²) < 4.78 is 14.9. The molecule has 0 saturated heterocycles. The molecule has 4 heterocycles. The fraction of sp³-hybridized carbons (Fsp3) is 0.0455. The quantitative estimate of drug-likeness (QED) is 0.497. The third kappa shape index (κ3) is 2.84. The predicted octanol–water partition coefficient (Wildman–Crippen LogP) is 4.04. The molecule has 1 aromatic carbocycles. The Hall–Kier alpha value is -4.00. The zero-order valence-electron chi connectivity index (χ0n) is 15.3. The van der Waals surface area contributed by atoms with Crippen molar-refractivity contribution in [3.05, 3.63) is 82.8 Å². The normalized spacial score (nSPS) is 11.2. The lowest BCUT2D eigenvalue weighted by atomic mass is 10.0. The molecule has 0 aliphatic rings. The Morgan fingerprint density at radius 1 is 0.897 bits per heavy atom. The molecule has 4 aromatic heterocycles. The van der Waals surface area contributed by atoms with Crippen LogP contribution in [-0.2, 0) is 0 Å². The lowest BCUT2D eigenvalue weighted by Gasteiger charge is -2.12. The van der Waals surface area contributed by atoms with Crippen LogP contribution >= 0.6 is 0 Å². The van der Waals surface area contributed by atoms with E-state index in [4.69, 9.17) is 0 Å². The first-order chi connectivity index (χ1) is 14.1. The molecule has 1 N–H and O–H groups in total. The van der Waals surface area contributed by atoms with Crippen molar-refractivity contribution in [1.29, 1.82) is 0 Å². The lowest BCUT2D eigenvalue weighted by Crippen LogP contribution is -2.07. The van der Waals surface area contributed by atoms with E-state index in [1.165, 1.54) is 18.3 Å². The molecule has 0 spiro atoms. The standard InChI is InChI=1S/C22H14FN5O/c1-12-2-8-25-20-15(12)10-14(11-16(20)23)19-18(13-3-6-24-7-4-13)28-22-21(27-19)17(29)5-9-26-22/h2-11H,1H3,(H,26,28,29). The molecule has 0 atom stereocenters. The Bertz CT molecular complexity index is 1450. The first-order valence-corrected chi connectivity index (χ1v) is 8.97. The molecule has 6 nitrogen and oxygen atoms in total. The first kappa shape index (κ1) is 17.1. The zero-order valence-corrected chi connectivity index (χ0v) is 15.3. The number of benzene rings is 1. The van der Waals surface area contributed by atoms with Crippen molar-refractivity contribution in [2.24, 2.45) is 0 Å². The molecule has 0 saturated carbocycles. The van der Waals surface area contributed by atoms with Crippen molar-refractivity contribution >= 4 is 22.1 Å². The van der Waals surface area contributed by atoms with Crippen LogP contribution in [0.2, 0.25) is 0 Å². The third-order valence-corrected chi connectivity index (χ3v) is 4.83. The molecule has 140 valence electrons. The Labute approximate surface area is 164 Å². The van der Waals surface area contributed by atoms with Crippen molar-refractivity contribution in [1.82, 2.24) is 24.9 Å². The van der Waals surface area contributed by atoms with Crippen LogP contribution in [0.25, 0.3) is 44.6 Å². The lowest BCUT2D eigenvalue weighted by molar-refractivity contribution is 0.637. The highest BCUT2D eigenvalue weighted by Crippen LogP contribution is 2.33. The summed E-state index contributed by atoms with van der Waals surface area (Å²) in [6, 6.07) is 10.0. The minimum Gasteiger partial charge on any atom is -0.345 e. The second-order valence-corrected chi connectivity index (χ2v) is 6.68. The summed E-state index contributed by atoms with van der Waals surface area (Å²) in [5.74, 6) is -0.453. The van der Waals surface area contributed by atoms with E-state index >= 15 is 0 Å². The van der Waals surface area contributed by atoms with Gasteiger partial charge in [0.2, 0.25) is 5.43 Å². The van der Waals surface area contributed by atoms with Crippen LogP contribution in [0.4, 0.5) is 4.39 Å². The van der Waals surface area contributed by atoms with Crippen molar-refractivity contribution in [3.63, 3.8) is 0 Å². The molecule has 0 fully saturated rings. The summed E-state index contributed by atoms with van der Waals surface area (Å²) in [7, 11) is 0. The molecule has 0 unspecified atom stereocenters. The van der Waals surface area contributed by atoms with Gasteiger partial charge in [0.1, 0.15) is 11.3 Å². The number of hydrogen-bond acceptors (Lipinski definition) is 5. The molecule has 0 amide bonds. The van der Waals surface area contributed by atoms with Gasteiger partial charge < -0.3 is 4.98 Å². The van der Waals surface area contributed by atoms with Gasteiger partial charge in [-0.2, -0.15) is 0 Å². The fourth-order valence-electron chi connectivity index (χ4n) is 3.38. The Morgan fingerprint density at radius 2 is 1.69 bits per heavy atom. The predicted molar refractivity (Wildman–Crippen MR) is 109 cm³/mol. The van der Waals surface area contributed by atoms with Crippen LogP contribution < -0.4 is 5.43 Å². The fourth-order valence-corrected chi connectivity index (χ4v) is 3.38. The number of pyridine rings is 3. The maximum atomic E-state index is 14.9. The van der Waals surface area contributed by atoms with Crippen molar-refractivity contribution in [3.8, 4) is 22.5 Å². The van der Waals surface area contributed by atoms with Gasteiger partial charge in [-0.15, -0.1) is 0 Å². The van der Waals surface area contributed by atoms with Gasteiger partial charge in [0.15, 0.2) is 11.2 Å². The number of nitrogens with zero attached hydrogens (tertiary/aromatic N) is 4. The van der Waals surface area contributed by atoms with Gasteiger partial charge in [0, 0.05) is 47.4 Å². The summed E-state index contributed by atoms with van der Waals surface area (Å²) in [6.07, 6.45) is 6.40. The van der Waals surface area contributed by atoms with Crippen LogP contribution in [0.5, 0.6) is 0 Å². The highest BCUT2D eigenvalue weighted by molar-refractivity contribution is 5.91. The molecular weight excluding hydrogens is 369 g/mol. The van der Waals surface area contributed by atoms with Gasteiger partial charge in [0.25, 0.3) is 0 Å². The number of H-pyrrole nitrogens is 1. The summed E-state index contributed by atoms with van der Waals surface area (Å²) in [5, 5.41) is 0.687. The molecule has 0 bridgehead atoms. The zero-order chi connectivity index (χ0) is 20.0. The molecule has 5 aromatic rings. The number of aryl methyl sites for hydroxylation is 1. The van der Waals surface area contributed by atoms with E-state index in [9.17, 15) is 9.18 Å². The minimum atomic E-state index is -0.453. The van der Waals surface area contributed by atoms with Crippen LogP contribution in [0, 0.1) is 12.7 Å². The molecule has 7 heteroatoms. The van der Waals surface area contributed by atoms with E-state index in [1.807, 2.05) is 19.1 Å². The van der Waals surface area contributed by atoms with Crippen molar-refractivity contribution in [2.45, 2.75) is 6.92 Å². The van der Waals surface area contributed by atoms with Crippen molar-refractivity contribution in [2.75, 3.05) is 0 Å². The van der Waals surface area contributed by atoms with Crippen LogP contribution in [0.1, 0.15) is 5.56 Å². The smallest absolute Gasteiger partial charge is 0.209 e. The second-order valence-electron chi connectivity index (χ2n) is 6.68. The monoisotopic (exact) mass is 383 g/mol. The van der Waals surface area contributed by atoms with Crippen LogP contribution in [0.3, 0.4) is 0 Å². The van der Waals surface area contributed by atoms with E-state index in [2.05, 4.69) is 24.9 Å². The Kier molecular flexibility index (Phi) is 3.87. The number of hydrogen-bond donors (Lipinski definition) is 1. The number of aromatic nitrogens is 5. The van der Waals surface area contributed by atoms with E-state index in [-0.39, 0.29) is 10.9 Å². The van der Waals surface area contributed by atoms with E-state index in [0.717, 1.165) is 11.1 Å². The molecule has 0 aliphatic heterocycles. The van der Waals surface area contributed by atoms with Gasteiger partial charge >= 0.3 is 0 Å². The number of halogens is 1. The molecule has 0 radical (unpaired) electrons. The summed E-state index contributed by atoms with van der Waals surface area (Å²) in [5.41, 5.74) is 3.74. The van der Waals surface area contributed by atoms with E-state index in [0.29, 0.717) is 33.5 Å². The Morgan fingerprint density at radius 3 is 2.52 bits per heavy atom. The van der Waals surface area contributed by atoms with Gasteiger partial charge in [0.05, 0.1) is 11.4 Å². The van der Waals surface area contributed by atoms with Crippen LogP contribution in [0.15, 0.2) is 66.0 Å². The topological polar surface area (TPSA) is 84.4 Å². The largest absolute Gasteiger partial charge is 0.345 e. The van der Waals surface area contributed by atoms with Crippen LogP contribution in [-0.4, -0.2) is 24.9 Å². The Balaban J connectivity index is 1.89. The summed E-state index contributed by atoms with van der Waals surface area (Å²) >= 11 is 0. The highest BCUT2D eigenvalue weighted by Gasteiger charge is 2.17. The maximum absolute atomic E-state index is 14.9. The number of nitrogens with one attached hydrogen (secondary N) is 1. The number of rotatable bonds is 2. The average Bonchev–Trinajstić information content (AvgIpc) is 2.74. The minimum absolute atomic E-state index is 0.198. The maximum Gasteiger partial charge on any atom is 0.209 e. The summed E-state index contributed by atoms with van der Waals surface area (Å²) in [6.45, 7) is 1.90. The summed E-state index contributed by atoms with van der Waals surface area (Å²) in [4.78, 5) is 32.7. The first-order valence-electron chi connectivity index (χ1n) is 8.97. The molecule has 5 rings (SSSR count).